The summed E-state index contributed by atoms with van der Waals surface area (Å²) < 4.78 is 29.6. The van der Waals surface area contributed by atoms with Gasteiger partial charge in [-0.3, -0.25) is 14.5 Å². The Bertz CT molecular complexity index is 1640. The first kappa shape index (κ1) is 24.3. The first-order valence-corrected chi connectivity index (χ1v) is 12.0. The summed E-state index contributed by atoms with van der Waals surface area (Å²) in [6.45, 7) is 3.45. The van der Waals surface area contributed by atoms with Crippen LogP contribution in [0.25, 0.3) is 11.0 Å². The SMILES string of the molecule is CCOC(=O)c1sc(N2C(=O)c3oc4ccc(F)cc4c(=O)c3C2c2ccc(C(=O)OC)cc2)nc1C. The maximum Gasteiger partial charge on any atom is 0.350 e. The Morgan fingerprint density at radius 2 is 1.86 bits per heavy atom. The highest BCUT2D eigenvalue weighted by atomic mass is 32.1. The number of benzene rings is 2. The average Bonchev–Trinajstić information content (AvgIpc) is 3.41. The van der Waals surface area contributed by atoms with Gasteiger partial charge in [-0.25, -0.2) is 19.0 Å². The zero-order valence-electron chi connectivity index (χ0n) is 19.9. The first-order chi connectivity index (χ1) is 17.7. The number of halogens is 1. The molecule has 0 bridgehead atoms. The number of hydrogen-bond donors (Lipinski definition) is 0. The van der Waals surface area contributed by atoms with Gasteiger partial charge in [0.2, 0.25) is 5.76 Å². The predicted molar refractivity (Wildman–Crippen MR) is 132 cm³/mol. The van der Waals surface area contributed by atoms with E-state index in [1.54, 1.807) is 26.0 Å². The lowest BCUT2D eigenvalue weighted by Crippen LogP contribution is -2.29. The number of aryl methyl sites for hydroxylation is 1. The molecule has 1 atom stereocenters. The Kier molecular flexibility index (Phi) is 6.08. The Labute approximate surface area is 213 Å². The first-order valence-electron chi connectivity index (χ1n) is 11.2. The lowest BCUT2D eigenvalue weighted by atomic mass is 9.97. The zero-order valence-corrected chi connectivity index (χ0v) is 20.7. The van der Waals surface area contributed by atoms with E-state index in [4.69, 9.17) is 13.9 Å². The Morgan fingerprint density at radius 3 is 2.54 bits per heavy atom. The molecule has 1 amide bonds. The van der Waals surface area contributed by atoms with Gasteiger partial charge in [-0.15, -0.1) is 0 Å². The maximum atomic E-state index is 14.0. The molecule has 3 heterocycles. The maximum absolute atomic E-state index is 14.0. The highest BCUT2D eigenvalue weighted by molar-refractivity contribution is 7.17. The number of aromatic nitrogens is 1. The fraction of sp³-hybridized carbons (Fsp3) is 0.192. The van der Waals surface area contributed by atoms with Crippen molar-refractivity contribution in [2.24, 2.45) is 0 Å². The summed E-state index contributed by atoms with van der Waals surface area (Å²) in [6.07, 6.45) is 0. The number of ether oxygens (including phenoxy) is 2. The molecule has 9 nitrogen and oxygen atoms in total. The molecule has 37 heavy (non-hydrogen) atoms. The molecule has 1 unspecified atom stereocenters. The van der Waals surface area contributed by atoms with E-state index >= 15 is 0 Å². The van der Waals surface area contributed by atoms with E-state index in [0.29, 0.717) is 11.3 Å². The lowest BCUT2D eigenvalue weighted by molar-refractivity contribution is 0.0529. The summed E-state index contributed by atoms with van der Waals surface area (Å²) >= 11 is 0.943. The van der Waals surface area contributed by atoms with Crippen LogP contribution in [0.2, 0.25) is 0 Å². The van der Waals surface area contributed by atoms with E-state index < -0.39 is 35.1 Å². The van der Waals surface area contributed by atoms with Crippen molar-refractivity contribution in [1.29, 1.82) is 0 Å². The third-order valence-corrected chi connectivity index (χ3v) is 7.07. The summed E-state index contributed by atoms with van der Waals surface area (Å²) in [4.78, 5) is 57.5. The van der Waals surface area contributed by atoms with Gasteiger partial charge in [0.15, 0.2) is 10.6 Å². The van der Waals surface area contributed by atoms with Crippen LogP contribution in [0, 0.1) is 12.7 Å². The van der Waals surface area contributed by atoms with Crippen molar-refractivity contribution in [2.45, 2.75) is 19.9 Å². The molecule has 0 aliphatic carbocycles. The van der Waals surface area contributed by atoms with E-state index in [-0.39, 0.29) is 44.5 Å². The molecule has 2 aromatic heterocycles. The van der Waals surface area contributed by atoms with Crippen molar-refractivity contribution in [1.82, 2.24) is 4.98 Å². The minimum Gasteiger partial charge on any atom is -0.465 e. The van der Waals surface area contributed by atoms with E-state index in [9.17, 15) is 23.6 Å². The second kappa shape index (κ2) is 9.25. The molecule has 0 radical (unpaired) electrons. The van der Waals surface area contributed by atoms with Gasteiger partial charge in [0.05, 0.1) is 42.0 Å². The van der Waals surface area contributed by atoms with Crippen LogP contribution < -0.4 is 10.3 Å². The number of rotatable bonds is 5. The molecule has 11 heteroatoms. The van der Waals surface area contributed by atoms with E-state index in [0.717, 1.165) is 23.5 Å². The number of carbonyl (C=O) groups excluding carboxylic acids is 3. The van der Waals surface area contributed by atoms with Gasteiger partial charge >= 0.3 is 11.9 Å². The predicted octanol–water partition coefficient (Wildman–Crippen LogP) is 4.41. The number of esters is 2. The monoisotopic (exact) mass is 522 g/mol. The van der Waals surface area contributed by atoms with Crippen molar-refractivity contribution in [3.8, 4) is 0 Å². The van der Waals surface area contributed by atoms with Crippen LogP contribution in [-0.4, -0.2) is 36.5 Å². The van der Waals surface area contributed by atoms with Crippen molar-refractivity contribution < 1.29 is 32.7 Å². The van der Waals surface area contributed by atoms with Gasteiger partial charge in [-0.05, 0) is 49.7 Å². The summed E-state index contributed by atoms with van der Waals surface area (Å²) in [5, 5.41) is 0.126. The molecule has 5 rings (SSSR count). The van der Waals surface area contributed by atoms with E-state index in [2.05, 4.69) is 4.98 Å². The Balaban J connectivity index is 1.73. The van der Waals surface area contributed by atoms with E-state index in [1.165, 1.54) is 30.2 Å². The quantitative estimate of drug-likeness (QED) is 0.354. The van der Waals surface area contributed by atoms with Gasteiger partial charge in [-0.1, -0.05) is 23.5 Å². The standard InChI is InChI=1S/C26H19FN2O7S/c1-4-35-25(33)22-12(2)28-26(37-22)29-19(13-5-7-14(8-6-13)24(32)34-3)18-20(30)16-11-15(27)9-10-17(16)36-21(18)23(29)31/h5-11,19H,4H2,1-3H3. The van der Waals surface area contributed by atoms with Gasteiger partial charge in [0, 0.05) is 0 Å². The second-order valence-corrected chi connectivity index (χ2v) is 9.11. The number of carbonyl (C=O) groups is 3. The smallest absolute Gasteiger partial charge is 0.350 e. The molecular formula is C26H19FN2O7S. The van der Waals surface area contributed by atoms with Gasteiger partial charge in [0.1, 0.15) is 16.3 Å². The largest absolute Gasteiger partial charge is 0.465 e. The molecule has 0 saturated heterocycles. The molecule has 0 saturated carbocycles. The average molecular weight is 523 g/mol. The number of anilines is 1. The molecule has 0 fully saturated rings. The van der Waals surface area contributed by atoms with Crippen LogP contribution >= 0.6 is 11.3 Å². The summed E-state index contributed by atoms with van der Waals surface area (Å²) in [7, 11) is 1.26. The van der Waals surface area contributed by atoms with Crippen LogP contribution in [0.15, 0.2) is 51.7 Å². The highest BCUT2D eigenvalue weighted by Crippen LogP contribution is 2.43. The zero-order chi connectivity index (χ0) is 26.4. The van der Waals surface area contributed by atoms with Gasteiger partial charge in [-0.2, -0.15) is 0 Å². The summed E-state index contributed by atoms with van der Waals surface area (Å²) in [6, 6.07) is 8.62. The highest BCUT2D eigenvalue weighted by Gasteiger charge is 2.45. The molecule has 0 spiro atoms. The number of methoxy groups -OCH3 is 1. The van der Waals surface area contributed by atoms with Crippen LogP contribution in [-0.2, 0) is 9.47 Å². The third-order valence-electron chi connectivity index (χ3n) is 5.93. The Morgan fingerprint density at radius 1 is 1.14 bits per heavy atom. The van der Waals surface area contributed by atoms with Gasteiger partial charge in [0.25, 0.3) is 5.91 Å². The van der Waals surface area contributed by atoms with Crippen molar-refractivity contribution in [2.75, 3.05) is 18.6 Å². The Hall–Kier alpha value is -4.38. The van der Waals surface area contributed by atoms with Crippen LogP contribution in [0.1, 0.15) is 60.4 Å². The topological polar surface area (TPSA) is 116 Å². The second-order valence-electron chi connectivity index (χ2n) is 8.14. The van der Waals surface area contributed by atoms with Crippen molar-refractivity contribution in [3.63, 3.8) is 0 Å². The third kappa shape index (κ3) is 3.97. The van der Waals surface area contributed by atoms with Gasteiger partial charge < -0.3 is 13.9 Å². The number of hydrogen-bond acceptors (Lipinski definition) is 9. The van der Waals surface area contributed by atoms with Crippen LogP contribution in [0.4, 0.5) is 9.52 Å². The number of amides is 1. The minimum atomic E-state index is -1.02. The summed E-state index contributed by atoms with van der Waals surface area (Å²) in [5.74, 6) is -2.63. The van der Waals surface area contributed by atoms with Crippen molar-refractivity contribution >= 4 is 45.3 Å². The molecule has 0 N–H and O–H groups in total. The van der Waals surface area contributed by atoms with Crippen LogP contribution in [0.5, 0.6) is 0 Å². The lowest BCUT2D eigenvalue weighted by Gasteiger charge is -2.22. The molecule has 2 aromatic carbocycles. The molecule has 4 aromatic rings. The molecule has 188 valence electrons. The van der Waals surface area contributed by atoms with Crippen LogP contribution in [0.3, 0.4) is 0 Å². The fourth-order valence-electron chi connectivity index (χ4n) is 4.25. The number of thiazole rings is 1. The van der Waals surface area contributed by atoms with E-state index in [1.807, 2.05) is 0 Å². The van der Waals surface area contributed by atoms with Crippen molar-refractivity contribution in [3.05, 3.63) is 91.5 Å². The summed E-state index contributed by atoms with van der Waals surface area (Å²) in [5.41, 5.74) is 0.571. The number of fused-ring (bicyclic) bond motifs is 2. The molecule has 1 aliphatic rings. The fourth-order valence-corrected chi connectivity index (χ4v) is 5.24. The minimum absolute atomic E-state index is 0.000504. The normalized spacial score (nSPS) is 14.6. The molecular weight excluding hydrogens is 503 g/mol. The molecule has 1 aliphatic heterocycles. The number of nitrogens with zero attached hydrogens (tertiary/aromatic N) is 2.